The van der Waals surface area contributed by atoms with E-state index in [9.17, 15) is 24.1 Å². The smallest absolute Gasteiger partial charge is 0.459 e. The first-order valence-electron chi connectivity index (χ1n) is 11.1. The van der Waals surface area contributed by atoms with Crippen LogP contribution in [0.1, 0.15) is 33.9 Å². The number of nitrogens with zero attached hydrogens (tertiary/aromatic N) is 1. The van der Waals surface area contributed by atoms with Crippen LogP contribution in [-0.2, 0) is 23.4 Å². The minimum atomic E-state index is -4.30. The minimum Gasteiger partial charge on any atom is -0.462 e. The third kappa shape index (κ3) is 6.48. The van der Waals surface area contributed by atoms with Crippen LogP contribution in [0.4, 0.5) is 4.39 Å². The van der Waals surface area contributed by atoms with E-state index in [2.05, 4.69) is 5.09 Å². The summed E-state index contributed by atoms with van der Waals surface area (Å²) in [6.45, 7) is 5.07. The van der Waals surface area contributed by atoms with E-state index in [0.29, 0.717) is 0 Å². The van der Waals surface area contributed by atoms with Gasteiger partial charge in [-0.15, -0.1) is 0 Å². The number of aliphatic hydroxyl groups excluding tert-OH is 1. The van der Waals surface area contributed by atoms with Crippen molar-refractivity contribution in [3.63, 3.8) is 0 Å². The Kier molecular flexibility index (Phi) is 8.52. The largest absolute Gasteiger partial charge is 0.462 e. The normalized spacial score (nSPS) is 26.4. The van der Waals surface area contributed by atoms with Crippen LogP contribution in [0, 0.1) is 0 Å². The number of rotatable bonds is 10. The maximum Gasteiger partial charge on any atom is 0.459 e. The average Bonchev–Trinajstić information content (AvgIpc) is 3.01. The maximum atomic E-state index is 15.4. The molecule has 0 bridgehead atoms. The first-order valence-corrected chi connectivity index (χ1v) is 12.7. The van der Waals surface area contributed by atoms with Crippen LogP contribution in [0.5, 0.6) is 5.75 Å². The molecule has 3 N–H and O–H groups in total. The van der Waals surface area contributed by atoms with Crippen LogP contribution >= 0.6 is 7.75 Å². The zero-order valence-electron chi connectivity index (χ0n) is 20.1. The molecule has 1 aliphatic rings. The molecular weight excluding hydrogens is 500 g/mol. The third-order valence-corrected chi connectivity index (χ3v) is 6.90. The Morgan fingerprint density at radius 2 is 1.94 bits per heavy atom. The number of para-hydroxylation sites is 1. The van der Waals surface area contributed by atoms with Gasteiger partial charge < -0.3 is 19.1 Å². The molecule has 0 radical (unpaired) electrons. The van der Waals surface area contributed by atoms with Gasteiger partial charge in [0.05, 0.1) is 12.7 Å². The topological polar surface area (TPSA) is 158 Å². The number of aromatic nitrogens is 2. The number of hydrogen-bond acceptors (Lipinski definition) is 9. The van der Waals surface area contributed by atoms with Gasteiger partial charge >= 0.3 is 19.4 Å². The number of aliphatic hydroxyl groups is 1. The van der Waals surface area contributed by atoms with Crippen LogP contribution in [0.15, 0.2) is 52.2 Å². The van der Waals surface area contributed by atoms with Gasteiger partial charge in [0.2, 0.25) is 0 Å². The number of benzene rings is 1. The maximum absolute atomic E-state index is 15.4. The first kappa shape index (κ1) is 27.8. The van der Waals surface area contributed by atoms with Crippen LogP contribution < -0.4 is 20.9 Å². The van der Waals surface area contributed by atoms with E-state index >= 15 is 4.39 Å². The molecule has 2 heterocycles. The molecule has 2 aromatic rings. The second-order valence-corrected chi connectivity index (χ2v) is 10.4. The summed E-state index contributed by atoms with van der Waals surface area (Å²) in [4.78, 5) is 37.7. The molecule has 0 spiro atoms. The van der Waals surface area contributed by atoms with E-state index in [1.807, 2.05) is 4.98 Å². The van der Waals surface area contributed by atoms with E-state index in [1.165, 1.54) is 19.1 Å². The van der Waals surface area contributed by atoms with Crippen LogP contribution in [-0.4, -0.2) is 57.3 Å². The molecule has 3 rings (SSSR count). The van der Waals surface area contributed by atoms with Crippen molar-refractivity contribution in [1.29, 1.82) is 0 Å². The van der Waals surface area contributed by atoms with Crippen molar-refractivity contribution in [1.82, 2.24) is 14.6 Å². The highest BCUT2D eigenvalue weighted by atomic mass is 31.2. The lowest BCUT2D eigenvalue weighted by Crippen LogP contribution is -2.43. The number of carbonyl (C=O) groups is 1. The number of alkyl halides is 1. The van der Waals surface area contributed by atoms with Gasteiger partial charge in [-0.1, -0.05) is 18.2 Å². The highest BCUT2D eigenvalue weighted by Gasteiger charge is 2.55. The van der Waals surface area contributed by atoms with Gasteiger partial charge in [0, 0.05) is 12.3 Å². The molecule has 198 valence electrons. The van der Waals surface area contributed by atoms with Crippen LogP contribution in [0.3, 0.4) is 0 Å². The van der Waals surface area contributed by atoms with Gasteiger partial charge in [-0.3, -0.25) is 23.7 Å². The summed E-state index contributed by atoms with van der Waals surface area (Å²) in [6.07, 6.45) is -4.21. The molecular formula is C22H29FN3O9P. The van der Waals surface area contributed by atoms with Crippen molar-refractivity contribution < 1.29 is 37.4 Å². The lowest BCUT2D eigenvalue weighted by atomic mass is 9.98. The second kappa shape index (κ2) is 11.1. The number of esters is 1. The lowest BCUT2D eigenvalue weighted by Gasteiger charge is -2.25. The van der Waals surface area contributed by atoms with Crippen molar-refractivity contribution in [2.75, 3.05) is 6.61 Å². The summed E-state index contributed by atoms with van der Waals surface area (Å²) in [5.74, 6) is -0.560. The number of halogens is 1. The molecule has 6 atom stereocenters. The zero-order chi connectivity index (χ0) is 26.7. The van der Waals surface area contributed by atoms with Crippen molar-refractivity contribution in [3.8, 4) is 5.75 Å². The molecule has 14 heteroatoms. The molecule has 1 saturated heterocycles. The Hall–Kier alpha value is -2.83. The molecule has 0 amide bonds. The molecule has 1 aromatic heterocycles. The first-order chi connectivity index (χ1) is 16.8. The van der Waals surface area contributed by atoms with Gasteiger partial charge in [-0.25, -0.2) is 13.8 Å². The Bertz CT molecular complexity index is 1220. The predicted molar refractivity (Wildman–Crippen MR) is 125 cm³/mol. The van der Waals surface area contributed by atoms with Crippen molar-refractivity contribution in [3.05, 3.63) is 63.4 Å². The van der Waals surface area contributed by atoms with E-state index < -0.39 is 67.8 Å². The summed E-state index contributed by atoms with van der Waals surface area (Å²) < 4.78 is 51.4. The molecule has 0 aliphatic carbocycles. The summed E-state index contributed by atoms with van der Waals surface area (Å²) in [7, 11) is -4.30. The summed E-state index contributed by atoms with van der Waals surface area (Å²) >= 11 is 0. The van der Waals surface area contributed by atoms with Gasteiger partial charge in [-0.05, 0) is 39.8 Å². The van der Waals surface area contributed by atoms with Gasteiger partial charge in [-0.2, -0.15) is 5.09 Å². The Morgan fingerprint density at radius 3 is 2.56 bits per heavy atom. The summed E-state index contributed by atoms with van der Waals surface area (Å²) in [6, 6.07) is 7.86. The van der Waals surface area contributed by atoms with Crippen molar-refractivity contribution in [2.45, 2.75) is 63.9 Å². The molecule has 0 saturated carbocycles. The fourth-order valence-electron chi connectivity index (χ4n) is 3.47. The van der Waals surface area contributed by atoms with Crippen LogP contribution in [0.25, 0.3) is 0 Å². The quantitative estimate of drug-likeness (QED) is 0.305. The summed E-state index contributed by atoms with van der Waals surface area (Å²) in [5.41, 5.74) is -4.12. The van der Waals surface area contributed by atoms with Gasteiger partial charge in [0.1, 0.15) is 24.0 Å². The zero-order valence-corrected chi connectivity index (χ0v) is 21.0. The third-order valence-electron chi connectivity index (χ3n) is 5.26. The number of ether oxygens (including phenoxy) is 2. The monoisotopic (exact) mass is 529 g/mol. The Morgan fingerprint density at radius 1 is 1.28 bits per heavy atom. The molecule has 1 fully saturated rings. The van der Waals surface area contributed by atoms with Gasteiger partial charge in [0.25, 0.3) is 5.56 Å². The number of nitrogens with one attached hydrogen (secondary N) is 2. The number of carbonyl (C=O) groups excluding carboxylic acids is 1. The number of H-pyrrole nitrogens is 1. The predicted octanol–water partition coefficient (Wildman–Crippen LogP) is 1.66. The molecule has 1 aliphatic heterocycles. The molecule has 1 aromatic carbocycles. The highest BCUT2D eigenvalue weighted by Crippen LogP contribution is 2.47. The fourth-order valence-corrected chi connectivity index (χ4v) is 4.97. The molecule has 36 heavy (non-hydrogen) atoms. The van der Waals surface area contributed by atoms with Crippen LogP contribution in [0.2, 0.25) is 0 Å². The Labute approximate surface area is 205 Å². The molecule has 12 nitrogen and oxygen atoms in total. The minimum absolute atomic E-state index is 0.152. The Balaban J connectivity index is 1.80. The molecule has 0 unspecified atom stereocenters. The van der Waals surface area contributed by atoms with E-state index in [4.69, 9.17) is 18.5 Å². The lowest BCUT2D eigenvalue weighted by molar-refractivity contribution is -0.149. The summed E-state index contributed by atoms with van der Waals surface area (Å²) in [5, 5.41) is 13.0. The average molecular weight is 529 g/mol. The number of aromatic amines is 1. The SMILES string of the molecule is CC(C)OC(=O)[C@H](C)N[P@](=O)(OC[C@H]1O[C@H](n2ccc(=O)[nH]c2=O)[C@@](C)(F)[C@H]1O)Oc1ccccc1. The van der Waals surface area contributed by atoms with E-state index in [-0.39, 0.29) is 5.75 Å². The second-order valence-electron chi connectivity index (χ2n) is 8.67. The van der Waals surface area contributed by atoms with E-state index in [0.717, 1.165) is 23.8 Å². The standard InChI is InChI=1S/C22H29FN3O9P/c1-13(2)33-19(29)14(3)25-36(31,35-15-8-6-5-7-9-15)32-12-16-18(28)22(4,23)20(34-16)26-11-10-17(27)24-21(26)30/h5-11,13-14,16,18,20,28H,12H2,1-4H3,(H,25,31)(H,24,27,30)/t14-,16+,18-,20-,22-,36-/m0/s1. The van der Waals surface area contributed by atoms with Gasteiger partial charge in [0.15, 0.2) is 11.9 Å². The fraction of sp³-hybridized carbons (Fsp3) is 0.500. The van der Waals surface area contributed by atoms with Crippen molar-refractivity contribution >= 4 is 13.7 Å². The highest BCUT2D eigenvalue weighted by molar-refractivity contribution is 7.52. The number of hydrogen-bond donors (Lipinski definition) is 3. The van der Waals surface area contributed by atoms with E-state index in [1.54, 1.807) is 32.0 Å². The van der Waals surface area contributed by atoms with Crippen molar-refractivity contribution in [2.24, 2.45) is 0 Å².